The molecule has 0 atom stereocenters. The molecule has 0 unspecified atom stereocenters. The smallest absolute Gasteiger partial charge is 0.161 e. The molecule has 0 aliphatic heterocycles. The van der Waals surface area contributed by atoms with Crippen molar-refractivity contribution in [2.45, 2.75) is 6.61 Å². The van der Waals surface area contributed by atoms with Crippen molar-refractivity contribution in [2.24, 2.45) is 0 Å². The first-order valence-electron chi connectivity index (χ1n) is 5.82. The van der Waals surface area contributed by atoms with Gasteiger partial charge in [-0.15, -0.1) is 11.3 Å². The van der Waals surface area contributed by atoms with E-state index in [9.17, 15) is 9.50 Å². The van der Waals surface area contributed by atoms with Gasteiger partial charge in [-0.25, -0.2) is 4.39 Å². The topological polar surface area (TPSA) is 29.5 Å². The molecule has 3 rings (SSSR count). The van der Waals surface area contributed by atoms with Crippen LogP contribution in [0.5, 0.6) is 11.5 Å². The van der Waals surface area contributed by atoms with Gasteiger partial charge in [0.25, 0.3) is 0 Å². The summed E-state index contributed by atoms with van der Waals surface area (Å²) in [6.07, 6.45) is 0. The van der Waals surface area contributed by atoms with Crippen LogP contribution in [0.1, 0.15) is 4.88 Å². The predicted molar refractivity (Wildman–Crippen MR) is 74.2 cm³/mol. The van der Waals surface area contributed by atoms with Gasteiger partial charge in [0.05, 0.1) is 0 Å². The summed E-state index contributed by atoms with van der Waals surface area (Å²) in [6, 6.07) is 13.6. The molecule has 0 aliphatic rings. The number of hydrogen-bond donors (Lipinski definition) is 1. The number of para-hydroxylation sites is 2. The Bertz CT molecular complexity index is 721. The second-order valence-corrected chi connectivity index (χ2v) is 5.29. The fourth-order valence-corrected chi connectivity index (χ4v) is 2.87. The standard InChI is InChI=1S/C15H11FO2S/c16-12-4-3-7-15-11(12)8-10(19-15)9-18-14-6-2-1-5-13(14)17/h1-8,17H,9H2. The van der Waals surface area contributed by atoms with Crippen LogP contribution in [-0.4, -0.2) is 5.11 Å². The lowest BCUT2D eigenvalue weighted by atomic mass is 10.2. The normalized spacial score (nSPS) is 10.8. The van der Waals surface area contributed by atoms with Crippen molar-refractivity contribution in [1.29, 1.82) is 0 Å². The molecule has 0 fully saturated rings. The van der Waals surface area contributed by atoms with Crippen LogP contribution in [0.3, 0.4) is 0 Å². The second-order valence-electron chi connectivity index (χ2n) is 4.12. The number of benzene rings is 2. The van der Waals surface area contributed by atoms with Gasteiger partial charge in [-0.2, -0.15) is 0 Å². The molecular formula is C15H11FO2S. The molecule has 4 heteroatoms. The molecule has 96 valence electrons. The van der Waals surface area contributed by atoms with Crippen LogP contribution in [-0.2, 0) is 6.61 Å². The van der Waals surface area contributed by atoms with Gasteiger partial charge >= 0.3 is 0 Å². The predicted octanol–water partition coefficient (Wildman–Crippen LogP) is 4.33. The first-order chi connectivity index (χ1) is 9.24. The maximum Gasteiger partial charge on any atom is 0.161 e. The maximum atomic E-state index is 13.6. The number of ether oxygens (including phenoxy) is 1. The minimum atomic E-state index is -0.220. The zero-order chi connectivity index (χ0) is 13.2. The number of phenols is 1. The molecule has 0 radical (unpaired) electrons. The van der Waals surface area contributed by atoms with Gasteiger partial charge < -0.3 is 9.84 Å². The third-order valence-corrected chi connectivity index (χ3v) is 3.87. The quantitative estimate of drug-likeness (QED) is 0.770. The van der Waals surface area contributed by atoms with Gasteiger partial charge in [0.1, 0.15) is 12.4 Å². The van der Waals surface area contributed by atoms with E-state index in [1.165, 1.54) is 17.4 Å². The lowest BCUT2D eigenvalue weighted by molar-refractivity contribution is 0.292. The van der Waals surface area contributed by atoms with Crippen LogP contribution in [0.25, 0.3) is 10.1 Å². The van der Waals surface area contributed by atoms with Gasteiger partial charge in [-0.3, -0.25) is 0 Å². The first-order valence-corrected chi connectivity index (χ1v) is 6.63. The van der Waals surface area contributed by atoms with Crippen LogP contribution in [0.4, 0.5) is 4.39 Å². The molecule has 1 heterocycles. The van der Waals surface area contributed by atoms with Crippen molar-refractivity contribution >= 4 is 21.4 Å². The molecule has 1 aromatic heterocycles. The molecule has 0 spiro atoms. The Hall–Kier alpha value is -2.07. The van der Waals surface area contributed by atoms with Crippen LogP contribution >= 0.6 is 11.3 Å². The fraction of sp³-hybridized carbons (Fsp3) is 0.0667. The summed E-state index contributed by atoms with van der Waals surface area (Å²) in [5.74, 6) is 0.317. The maximum absolute atomic E-state index is 13.6. The third-order valence-electron chi connectivity index (χ3n) is 2.79. The average molecular weight is 274 g/mol. The second kappa shape index (κ2) is 4.90. The summed E-state index contributed by atoms with van der Waals surface area (Å²) in [4.78, 5) is 0.920. The summed E-state index contributed by atoms with van der Waals surface area (Å²) < 4.78 is 20.0. The van der Waals surface area contributed by atoms with E-state index in [4.69, 9.17) is 4.74 Å². The Balaban J connectivity index is 1.83. The van der Waals surface area contributed by atoms with Gasteiger partial charge in [-0.1, -0.05) is 18.2 Å². The highest BCUT2D eigenvalue weighted by Gasteiger charge is 2.07. The molecule has 2 nitrogen and oxygen atoms in total. The zero-order valence-corrected chi connectivity index (χ0v) is 10.8. The monoisotopic (exact) mass is 274 g/mol. The lowest BCUT2D eigenvalue weighted by Gasteiger charge is -2.05. The van der Waals surface area contributed by atoms with Crippen LogP contribution < -0.4 is 4.74 Å². The number of aromatic hydroxyl groups is 1. The Morgan fingerprint density at radius 3 is 2.74 bits per heavy atom. The molecule has 0 amide bonds. The number of rotatable bonds is 3. The van der Waals surface area contributed by atoms with Gasteiger partial charge in [-0.05, 0) is 30.3 Å². The summed E-state index contributed by atoms with van der Waals surface area (Å²) in [5, 5.41) is 10.2. The summed E-state index contributed by atoms with van der Waals surface area (Å²) in [7, 11) is 0. The third kappa shape index (κ3) is 2.39. The Labute approximate surface area is 113 Å². The van der Waals surface area contributed by atoms with E-state index in [1.54, 1.807) is 36.4 Å². The average Bonchev–Trinajstić information content (AvgIpc) is 2.82. The van der Waals surface area contributed by atoms with E-state index >= 15 is 0 Å². The number of phenolic OH excluding ortho intramolecular Hbond substituents is 1. The highest BCUT2D eigenvalue weighted by Crippen LogP contribution is 2.30. The lowest BCUT2D eigenvalue weighted by Crippen LogP contribution is -1.92. The van der Waals surface area contributed by atoms with Crippen LogP contribution in [0.2, 0.25) is 0 Å². The highest BCUT2D eigenvalue weighted by atomic mass is 32.1. The van der Waals surface area contributed by atoms with E-state index < -0.39 is 0 Å². The van der Waals surface area contributed by atoms with Crippen LogP contribution in [0.15, 0.2) is 48.5 Å². The molecule has 19 heavy (non-hydrogen) atoms. The minimum Gasteiger partial charge on any atom is -0.504 e. The summed E-state index contributed by atoms with van der Waals surface area (Å²) in [5.41, 5.74) is 0. The summed E-state index contributed by atoms with van der Waals surface area (Å²) in [6.45, 7) is 0.316. The van der Waals surface area contributed by atoms with E-state index in [0.29, 0.717) is 17.7 Å². The van der Waals surface area contributed by atoms with Crippen molar-refractivity contribution in [3.8, 4) is 11.5 Å². The van der Waals surface area contributed by atoms with Crippen molar-refractivity contribution < 1.29 is 14.2 Å². The number of thiophene rings is 1. The summed E-state index contributed by atoms with van der Waals surface area (Å²) >= 11 is 1.49. The Morgan fingerprint density at radius 2 is 1.95 bits per heavy atom. The van der Waals surface area contributed by atoms with Gasteiger partial charge in [0, 0.05) is 15.0 Å². The molecule has 0 saturated heterocycles. The molecular weight excluding hydrogens is 263 g/mol. The molecule has 2 aromatic carbocycles. The fourth-order valence-electron chi connectivity index (χ4n) is 1.88. The first kappa shape index (κ1) is 12.0. The molecule has 1 N–H and O–H groups in total. The number of fused-ring (bicyclic) bond motifs is 1. The van der Waals surface area contributed by atoms with Crippen molar-refractivity contribution in [3.63, 3.8) is 0 Å². The van der Waals surface area contributed by atoms with E-state index in [0.717, 1.165) is 9.58 Å². The SMILES string of the molecule is Oc1ccccc1OCc1cc2c(F)cccc2s1. The van der Waals surface area contributed by atoms with Gasteiger partial charge in [0.15, 0.2) is 11.5 Å². The highest BCUT2D eigenvalue weighted by molar-refractivity contribution is 7.19. The largest absolute Gasteiger partial charge is 0.504 e. The minimum absolute atomic E-state index is 0.106. The molecule has 0 bridgehead atoms. The molecule has 3 aromatic rings. The van der Waals surface area contributed by atoms with Crippen molar-refractivity contribution in [1.82, 2.24) is 0 Å². The van der Waals surface area contributed by atoms with E-state index in [2.05, 4.69) is 0 Å². The molecule has 0 aliphatic carbocycles. The van der Waals surface area contributed by atoms with Gasteiger partial charge in [0.2, 0.25) is 0 Å². The van der Waals surface area contributed by atoms with Crippen molar-refractivity contribution in [2.75, 3.05) is 0 Å². The number of halogens is 1. The van der Waals surface area contributed by atoms with E-state index in [-0.39, 0.29) is 11.6 Å². The van der Waals surface area contributed by atoms with Crippen LogP contribution in [0, 0.1) is 5.82 Å². The molecule has 0 saturated carbocycles. The zero-order valence-electron chi connectivity index (χ0n) is 9.97. The number of hydrogen-bond acceptors (Lipinski definition) is 3. The van der Waals surface area contributed by atoms with Crippen molar-refractivity contribution in [3.05, 3.63) is 59.2 Å². The Morgan fingerprint density at radius 1 is 1.11 bits per heavy atom. The van der Waals surface area contributed by atoms with E-state index in [1.807, 2.05) is 6.07 Å². The Kier molecular flexibility index (Phi) is 3.09.